The summed E-state index contributed by atoms with van der Waals surface area (Å²) in [5.41, 5.74) is 0.107. The first-order chi connectivity index (χ1) is 18.1. The number of thioether (sulfide) groups is 2. The molecule has 4 rings (SSSR count). The highest BCUT2D eigenvalue weighted by atomic mass is 35.5. The highest BCUT2D eigenvalue weighted by Gasteiger charge is 2.28. The fourth-order valence-corrected chi connectivity index (χ4v) is 8.03. The maximum atomic E-state index is 14.0. The minimum Gasteiger partial charge on any atom is -0.311 e. The maximum Gasteiger partial charge on any atom is 0.256 e. The van der Waals surface area contributed by atoms with Crippen molar-refractivity contribution in [2.24, 2.45) is 0 Å². The van der Waals surface area contributed by atoms with Gasteiger partial charge in [0.05, 0.1) is 9.13 Å². The predicted molar refractivity (Wildman–Crippen MR) is 159 cm³/mol. The van der Waals surface area contributed by atoms with Crippen LogP contribution in [0.4, 0.5) is 0 Å². The summed E-state index contributed by atoms with van der Waals surface area (Å²) >= 11 is 26.7. The lowest BCUT2D eigenvalue weighted by Crippen LogP contribution is -2.28. The summed E-state index contributed by atoms with van der Waals surface area (Å²) in [7, 11) is -4.19. The van der Waals surface area contributed by atoms with Gasteiger partial charge in [-0.05, 0) is 78.9 Å². The molecule has 0 saturated heterocycles. The van der Waals surface area contributed by atoms with Crippen molar-refractivity contribution in [3.05, 3.63) is 132 Å². The fourth-order valence-electron chi connectivity index (χ4n) is 3.14. The quantitative estimate of drug-likeness (QED) is 0.195. The normalized spacial score (nSPS) is 11.2. The third-order valence-electron chi connectivity index (χ3n) is 4.91. The molecule has 38 heavy (non-hydrogen) atoms. The molecule has 0 spiro atoms. The molecule has 1 amide bonds. The summed E-state index contributed by atoms with van der Waals surface area (Å²) in [5.74, 6) is -0.685. The van der Waals surface area contributed by atoms with E-state index in [0.717, 1.165) is 0 Å². The molecule has 0 aliphatic heterocycles. The van der Waals surface area contributed by atoms with Gasteiger partial charge in [0.1, 0.15) is 0 Å². The summed E-state index contributed by atoms with van der Waals surface area (Å²) in [6, 6.07) is 26.0. The number of benzene rings is 4. The second-order valence-electron chi connectivity index (χ2n) is 7.66. The highest BCUT2D eigenvalue weighted by Crippen LogP contribution is 2.43. The molecule has 0 unspecified atom stereocenters. The Bertz CT molecular complexity index is 1520. The Morgan fingerprint density at radius 2 is 1.11 bits per heavy atom. The molecule has 0 radical (unpaired) electrons. The smallest absolute Gasteiger partial charge is 0.256 e. The molecule has 0 atom stereocenters. The topological polar surface area (TPSA) is 63.2 Å². The van der Waals surface area contributed by atoms with Gasteiger partial charge in [-0.25, -0.2) is 8.42 Å². The molecular formula is C27H17Cl4NO3S3. The van der Waals surface area contributed by atoms with Gasteiger partial charge in [-0.2, -0.15) is 0 Å². The summed E-state index contributed by atoms with van der Waals surface area (Å²) in [6.07, 6.45) is 0. The zero-order chi connectivity index (χ0) is 27.3. The van der Waals surface area contributed by atoms with Crippen LogP contribution in [0.5, 0.6) is 0 Å². The van der Waals surface area contributed by atoms with E-state index in [-0.39, 0.29) is 25.5 Å². The zero-order valence-electron chi connectivity index (χ0n) is 19.2. The van der Waals surface area contributed by atoms with Gasteiger partial charge in [0, 0.05) is 35.4 Å². The highest BCUT2D eigenvalue weighted by molar-refractivity contribution is 8.23. The van der Waals surface area contributed by atoms with Gasteiger partial charge in [0.2, 0.25) is 9.84 Å². The molecule has 0 saturated carbocycles. The maximum absolute atomic E-state index is 14.0. The minimum absolute atomic E-state index is 0.0188. The van der Waals surface area contributed by atoms with Crippen LogP contribution in [0, 0.1) is 0 Å². The van der Waals surface area contributed by atoms with Gasteiger partial charge in [0.15, 0.2) is 5.03 Å². The van der Waals surface area contributed by atoms with E-state index >= 15 is 0 Å². The van der Waals surface area contributed by atoms with E-state index in [2.05, 4.69) is 5.32 Å². The molecular weight excluding hydrogens is 624 g/mol. The second kappa shape index (κ2) is 12.8. The Labute approximate surface area is 249 Å². The molecule has 4 aromatic rings. The standard InChI is InChI=1S/C27H17Cl4NO3S3/c28-18-6-10-22(11-7-18)36-27(37-23-12-8-19(29)9-13-23)26(38(34,35)24-4-2-1-3-5-24)32-25(33)17-14-20(30)16-21(31)15-17/h1-16H,(H,32,33). The van der Waals surface area contributed by atoms with Gasteiger partial charge in [0.25, 0.3) is 5.91 Å². The average molecular weight is 641 g/mol. The molecule has 0 aliphatic rings. The molecule has 0 aromatic heterocycles. The number of nitrogens with one attached hydrogen (secondary N) is 1. The van der Waals surface area contributed by atoms with E-state index < -0.39 is 15.7 Å². The van der Waals surface area contributed by atoms with E-state index in [1.807, 2.05) is 0 Å². The summed E-state index contributed by atoms with van der Waals surface area (Å²) in [6.45, 7) is 0. The van der Waals surface area contributed by atoms with E-state index in [4.69, 9.17) is 46.4 Å². The molecule has 11 heteroatoms. The number of carbonyl (C=O) groups excluding carboxylic acids is 1. The summed E-state index contributed by atoms with van der Waals surface area (Å²) in [5, 5.41) is 3.90. The number of hydrogen-bond acceptors (Lipinski definition) is 5. The number of halogens is 4. The van der Waals surface area contributed by atoms with Crippen LogP contribution in [0.2, 0.25) is 20.1 Å². The first-order valence-corrected chi connectivity index (χ1v) is 15.4. The molecule has 0 bridgehead atoms. The van der Waals surface area contributed by atoms with Crippen molar-refractivity contribution in [2.45, 2.75) is 14.7 Å². The Hall–Kier alpha value is -2.10. The van der Waals surface area contributed by atoms with Crippen molar-refractivity contribution < 1.29 is 13.2 Å². The lowest BCUT2D eigenvalue weighted by Gasteiger charge is -2.17. The molecule has 4 aromatic carbocycles. The van der Waals surface area contributed by atoms with Crippen molar-refractivity contribution >= 4 is 85.7 Å². The van der Waals surface area contributed by atoms with Crippen molar-refractivity contribution in [3.8, 4) is 0 Å². The average Bonchev–Trinajstić information content (AvgIpc) is 2.89. The van der Waals surface area contributed by atoms with E-state index in [1.54, 1.807) is 66.7 Å². The van der Waals surface area contributed by atoms with Crippen LogP contribution in [0.15, 0.2) is 121 Å². The van der Waals surface area contributed by atoms with E-state index in [1.165, 1.54) is 53.9 Å². The van der Waals surface area contributed by atoms with Crippen LogP contribution in [-0.4, -0.2) is 14.3 Å². The molecule has 1 N–H and O–H groups in total. The molecule has 194 valence electrons. The minimum atomic E-state index is -4.19. The number of rotatable bonds is 8. The third-order valence-corrected chi connectivity index (χ3v) is 10.1. The first-order valence-electron chi connectivity index (χ1n) is 10.8. The Kier molecular flexibility index (Phi) is 9.76. The molecule has 0 fully saturated rings. The van der Waals surface area contributed by atoms with Gasteiger partial charge in [-0.3, -0.25) is 4.79 Å². The van der Waals surface area contributed by atoms with Crippen LogP contribution in [0.1, 0.15) is 10.4 Å². The lowest BCUT2D eigenvalue weighted by molar-refractivity contribution is 0.0968. The van der Waals surface area contributed by atoms with Crippen LogP contribution in [-0.2, 0) is 9.84 Å². The van der Waals surface area contributed by atoms with Gasteiger partial charge >= 0.3 is 0 Å². The lowest BCUT2D eigenvalue weighted by atomic mass is 10.2. The van der Waals surface area contributed by atoms with Crippen LogP contribution in [0.25, 0.3) is 0 Å². The Morgan fingerprint density at radius 3 is 1.58 bits per heavy atom. The number of carbonyl (C=O) groups is 1. The van der Waals surface area contributed by atoms with E-state index in [9.17, 15) is 13.2 Å². The van der Waals surface area contributed by atoms with Gasteiger partial charge < -0.3 is 5.32 Å². The van der Waals surface area contributed by atoms with Crippen molar-refractivity contribution in [1.82, 2.24) is 5.32 Å². The van der Waals surface area contributed by atoms with Crippen LogP contribution >= 0.6 is 69.9 Å². The van der Waals surface area contributed by atoms with Crippen molar-refractivity contribution in [3.63, 3.8) is 0 Å². The molecule has 4 nitrogen and oxygen atoms in total. The van der Waals surface area contributed by atoms with Crippen LogP contribution < -0.4 is 5.32 Å². The molecule has 0 aliphatic carbocycles. The number of sulfone groups is 1. The number of hydrogen-bond donors (Lipinski definition) is 1. The first kappa shape index (κ1) is 28.9. The fraction of sp³-hybridized carbons (Fsp3) is 0. The number of amides is 1. The SMILES string of the molecule is O=C(NC(=C(Sc1ccc(Cl)cc1)Sc1ccc(Cl)cc1)S(=O)(=O)c1ccccc1)c1cc(Cl)cc(Cl)c1. The largest absolute Gasteiger partial charge is 0.311 e. The summed E-state index contributed by atoms with van der Waals surface area (Å²) < 4.78 is 28.2. The zero-order valence-corrected chi connectivity index (χ0v) is 24.7. The Morgan fingerprint density at radius 1 is 0.632 bits per heavy atom. The third kappa shape index (κ3) is 7.51. The van der Waals surface area contributed by atoms with Gasteiger partial charge in [-0.1, -0.05) is 88.1 Å². The van der Waals surface area contributed by atoms with Crippen LogP contribution in [0.3, 0.4) is 0 Å². The van der Waals surface area contributed by atoms with Crippen molar-refractivity contribution in [2.75, 3.05) is 0 Å². The van der Waals surface area contributed by atoms with E-state index in [0.29, 0.717) is 24.1 Å². The van der Waals surface area contributed by atoms with Gasteiger partial charge in [-0.15, -0.1) is 0 Å². The molecule has 0 heterocycles. The monoisotopic (exact) mass is 639 g/mol. The van der Waals surface area contributed by atoms with Crippen molar-refractivity contribution in [1.29, 1.82) is 0 Å². The Balaban J connectivity index is 1.89. The summed E-state index contributed by atoms with van der Waals surface area (Å²) in [4.78, 5) is 14.8. The predicted octanol–water partition coefficient (Wildman–Crippen LogP) is 9.22. The second-order valence-corrected chi connectivity index (χ2v) is 13.7.